The molecule has 0 fully saturated rings. The monoisotopic (exact) mass is 456 g/mol. The standard InChI is InChI=1S/C17H8F8N2O4/c1-16(30,14(26)28)27-6-2-4(5(18)3-7(6)31-17(24,25)15(27)29)8-9(19)11(21)13(23)12(22)10(8)20/h2-3,30H,1H3,(H2,26,28). The molecular weight excluding hydrogens is 448 g/mol. The van der Waals surface area contributed by atoms with Crippen LogP contribution in [0.15, 0.2) is 12.1 Å². The molecule has 0 aromatic heterocycles. The fraction of sp³-hybridized carbons (Fsp3) is 0.176. The second-order valence-electron chi connectivity index (χ2n) is 6.39. The third-order valence-corrected chi connectivity index (χ3v) is 4.36. The molecule has 3 N–H and O–H groups in total. The number of benzene rings is 2. The Bertz CT molecular complexity index is 1120. The second kappa shape index (κ2) is 6.80. The van der Waals surface area contributed by atoms with Gasteiger partial charge in [-0.3, -0.25) is 14.5 Å². The van der Waals surface area contributed by atoms with E-state index in [1.54, 1.807) is 0 Å². The summed E-state index contributed by atoms with van der Waals surface area (Å²) < 4.78 is 115. The molecular formula is C17H8F8N2O4. The zero-order valence-corrected chi connectivity index (χ0v) is 14.9. The number of alkyl halides is 2. The molecule has 1 unspecified atom stereocenters. The fourth-order valence-electron chi connectivity index (χ4n) is 2.80. The lowest BCUT2D eigenvalue weighted by molar-refractivity contribution is -0.197. The van der Waals surface area contributed by atoms with Gasteiger partial charge in [0.15, 0.2) is 29.0 Å². The van der Waals surface area contributed by atoms with E-state index in [9.17, 15) is 49.8 Å². The molecule has 2 aromatic carbocycles. The minimum atomic E-state index is -4.75. The Morgan fingerprint density at radius 3 is 2.00 bits per heavy atom. The van der Waals surface area contributed by atoms with Crippen LogP contribution in [0.3, 0.4) is 0 Å². The summed E-state index contributed by atoms with van der Waals surface area (Å²) in [5, 5.41) is 10.2. The SMILES string of the molecule is CC(O)(C(N)=O)N1C(=O)C(F)(F)Oc2cc(F)c(-c3c(F)c(F)c(F)c(F)c3F)cc21. The van der Waals surface area contributed by atoms with Crippen LogP contribution in [-0.2, 0) is 9.59 Å². The Morgan fingerprint density at radius 1 is 1.03 bits per heavy atom. The van der Waals surface area contributed by atoms with Crippen LogP contribution in [0.5, 0.6) is 5.75 Å². The number of rotatable bonds is 3. The van der Waals surface area contributed by atoms with Crippen molar-refractivity contribution >= 4 is 17.5 Å². The molecule has 0 aliphatic carbocycles. The van der Waals surface area contributed by atoms with Gasteiger partial charge in [0.1, 0.15) is 5.82 Å². The van der Waals surface area contributed by atoms with E-state index >= 15 is 0 Å². The molecule has 1 aliphatic heterocycles. The van der Waals surface area contributed by atoms with Gasteiger partial charge in [-0.1, -0.05) is 0 Å². The van der Waals surface area contributed by atoms with Crippen molar-refractivity contribution in [3.63, 3.8) is 0 Å². The van der Waals surface area contributed by atoms with Crippen LogP contribution in [0, 0.1) is 34.9 Å². The summed E-state index contributed by atoms with van der Waals surface area (Å²) in [6.45, 7) is 0.486. The number of amides is 2. The number of nitrogens with two attached hydrogens (primary N) is 1. The number of carbonyl (C=O) groups excluding carboxylic acids is 2. The number of nitrogens with zero attached hydrogens (tertiary/aromatic N) is 1. The molecule has 0 radical (unpaired) electrons. The molecule has 2 aromatic rings. The highest BCUT2D eigenvalue weighted by molar-refractivity contribution is 6.07. The Balaban J connectivity index is 2.39. The first kappa shape index (κ1) is 22.3. The predicted molar refractivity (Wildman–Crippen MR) is 84.5 cm³/mol. The summed E-state index contributed by atoms with van der Waals surface area (Å²) in [5.41, 5.74) is -2.58. The molecule has 2 amide bonds. The number of halogens is 8. The second-order valence-corrected chi connectivity index (χ2v) is 6.39. The fourth-order valence-corrected chi connectivity index (χ4v) is 2.80. The van der Waals surface area contributed by atoms with Crippen LogP contribution in [0.4, 0.5) is 40.8 Å². The topological polar surface area (TPSA) is 92.9 Å². The smallest absolute Gasteiger partial charge is 0.423 e. The normalized spacial score (nSPS) is 17.1. The number of hydrogen-bond donors (Lipinski definition) is 2. The average molecular weight is 456 g/mol. The van der Waals surface area contributed by atoms with Crippen molar-refractivity contribution in [3.05, 3.63) is 47.0 Å². The number of ether oxygens (including phenoxy) is 1. The third kappa shape index (κ3) is 3.13. The van der Waals surface area contributed by atoms with E-state index in [1.807, 2.05) is 0 Å². The van der Waals surface area contributed by atoms with Crippen LogP contribution in [0.25, 0.3) is 11.1 Å². The Kier molecular flexibility index (Phi) is 4.88. The maximum absolute atomic E-state index is 14.5. The summed E-state index contributed by atoms with van der Waals surface area (Å²) in [6.07, 6.45) is -4.75. The first-order valence-electron chi connectivity index (χ1n) is 7.92. The van der Waals surface area contributed by atoms with Gasteiger partial charge in [-0.25, -0.2) is 26.3 Å². The third-order valence-electron chi connectivity index (χ3n) is 4.36. The quantitative estimate of drug-likeness (QED) is 0.422. The van der Waals surface area contributed by atoms with Crippen molar-refractivity contribution in [2.45, 2.75) is 18.8 Å². The van der Waals surface area contributed by atoms with Gasteiger partial charge in [-0.05, 0) is 13.0 Å². The highest BCUT2D eigenvalue weighted by atomic mass is 19.3. The van der Waals surface area contributed by atoms with E-state index in [0.29, 0.717) is 6.92 Å². The van der Waals surface area contributed by atoms with Gasteiger partial charge in [-0.2, -0.15) is 8.78 Å². The van der Waals surface area contributed by atoms with Crippen LogP contribution < -0.4 is 15.4 Å². The average Bonchev–Trinajstić information content (AvgIpc) is 2.66. The van der Waals surface area contributed by atoms with Crippen LogP contribution in [0.1, 0.15) is 6.92 Å². The lowest BCUT2D eigenvalue weighted by Crippen LogP contribution is -2.64. The van der Waals surface area contributed by atoms with Gasteiger partial charge in [0, 0.05) is 11.6 Å². The number of aliphatic hydroxyl groups is 1. The minimum absolute atomic E-state index is 0.0349. The molecule has 6 nitrogen and oxygen atoms in total. The van der Waals surface area contributed by atoms with Gasteiger partial charge in [0.05, 0.1) is 11.3 Å². The molecule has 31 heavy (non-hydrogen) atoms. The van der Waals surface area contributed by atoms with E-state index in [1.165, 1.54) is 0 Å². The predicted octanol–water partition coefficient (Wildman–Crippen LogP) is 2.70. The molecule has 166 valence electrons. The Labute approximate surface area is 166 Å². The summed E-state index contributed by atoms with van der Waals surface area (Å²) >= 11 is 0. The van der Waals surface area contributed by atoms with Crippen molar-refractivity contribution in [1.82, 2.24) is 0 Å². The number of primary amides is 1. The first-order chi connectivity index (χ1) is 14.1. The van der Waals surface area contributed by atoms with E-state index in [0.717, 1.165) is 0 Å². The lowest BCUT2D eigenvalue weighted by atomic mass is 9.99. The van der Waals surface area contributed by atoms with Gasteiger partial charge in [0.25, 0.3) is 5.91 Å². The van der Waals surface area contributed by atoms with Crippen molar-refractivity contribution < 1.29 is 54.6 Å². The van der Waals surface area contributed by atoms with E-state index in [-0.39, 0.29) is 17.0 Å². The van der Waals surface area contributed by atoms with Crippen LogP contribution >= 0.6 is 0 Å². The summed E-state index contributed by atoms with van der Waals surface area (Å²) in [4.78, 5) is 23.2. The number of hydrogen-bond acceptors (Lipinski definition) is 4. The van der Waals surface area contributed by atoms with Crippen LogP contribution in [-0.4, -0.2) is 28.8 Å². The van der Waals surface area contributed by atoms with Gasteiger partial charge in [-0.15, -0.1) is 0 Å². The number of anilines is 1. The van der Waals surface area contributed by atoms with Gasteiger partial charge >= 0.3 is 12.0 Å². The molecule has 3 rings (SSSR count). The number of fused-ring (bicyclic) bond motifs is 1. The molecule has 0 saturated carbocycles. The minimum Gasteiger partial charge on any atom is -0.423 e. The molecule has 1 heterocycles. The molecule has 0 bridgehead atoms. The zero-order chi connectivity index (χ0) is 23.6. The largest absolute Gasteiger partial charge is 0.483 e. The lowest BCUT2D eigenvalue weighted by Gasteiger charge is -2.40. The van der Waals surface area contributed by atoms with E-state index in [4.69, 9.17) is 5.73 Å². The van der Waals surface area contributed by atoms with Crippen molar-refractivity contribution in [2.75, 3.05) is 4.90 Å². The maximum atomic E-state index is 14.5. The van der Waals surface area contributed by atoms with Gasteiger partial charge in [0.2, 0.25) is 11.5 Å². The number of carbonyl (C=O) groups is 2. The summed E-state index contributed by atoms with van der Waals surface area (Å²) in [6, 6.07) is 0.209. The highest BCUT2D eigenvalue weighted by Gasteiger charge is 2.57. The van der Waals surface area contributed by atoms with Crippen molar-refractivity contribution in [2.24, 2.45) is 5.73 Å². The van der Waals surface area contributed by atoms with E-state index in [2.05, 4.69) is 4.74 Å². The molecule has 14 heteroatoms. The first-order valence-corrected chi connectivity index (χ1v) is 7.92. The molecule has 0 spiro atoms. The Hall–Kier alpha value is -3.42. The Morgan fingerprint density at radius 2 is 1.52 bits per heavy atom. The molecule has 1 atom stereocenters. The van der Waals surface area contributed by atoms with E-state index < -0.39 is 81.1 Å². The van der Waals surface area contributed by atoms with Crippen molar-refractivity contribution in [3.8, 4) is 16.9 Å². The zero-order valence-electron chi connectivity index (χ0n) is 14.9. The molecule has 0 saturated heterocycles. The summed E-state index contributed by atoms with van der Waals surface area (Å²) in [7, 11) is 0. The summed E-state index contributed by atoms with van der Waals surface area (Å²) in [5.74, 6) is -19.5. The maximum Gasteiger partial charge on any atom is 0.483 e. The van der Waals surface area contributed by atoms with Crippen molar-refractivity contribution in [1.29, 1.82) is 0 Å². The molecule has 1 aliphatic rings. The highest BCUT2D eigenvalue weighted by Crippen LogP contribution is 2.46. The van der Waals surface area contributed by atoms with Gasteiger partial charge < -0.3 is 15.6 Å². The van der Waals surface area contributed by atoms with Crippen LogP contribution in [0.2, 0.25) is 0 Å².